The molecule has 0 atom stereocenters. The van der Waals surface area contributed by atoms with Crippen LogP contribution in [0.4, 0.5) is 10.6 Å². The molecule has 0 unspecified atom stereocenters. The van der Waals surface area contributed by atoms with Crippen LogP contribution in [0.25, 0.3) is 5.69 Å². The molecule has 0 saturated carbocycles. The monoisotopic (exact) mass is 294 g/mol. The molecule has 7 nitrogen and oxygen atoms in total. The molecule has 7 heteroatoms. The average Bonchev–Trinajstić information content (AvgIpc) is 3.03. The fourth-order valence-electron chi connectivity index (χ4n) is 1.97. The Bertz CT molecular complexity index is 741. The summed E-state index contributed by atoms with van der Waals surface area (Å²) in [7, 11) is 0. The van der Waals surface area contributed by atoms with Gasteiger partial charge in [-0.2, -0.15) is 0 Å². The lowest BCUT2D eigenvalue weighted by Gasteiger charge is -2.09. The fourth-order valence-corrected chi connectivity index (χ4v) is 1.97. The third-order valence-electron chi connectivity index (χ3n) is 2.96. The van der Waals surface area contributed by atoms with Crippen molar-refractivity contribution in [2.45, 2.75) is 6.54 Å². The van der Waals surface area contributed by atoms with Gasteiger partial charge in [0.15, 0.2) is 5.82 Å². The Morgan fingerprint density at radius 3 is 2.73 bits per heavy atom. The normalized spacial score (nSPS) is 10.2. The number of imidazole rings is 1. The van der Waals surface area contributed by atoms with Crippen LogP contribution in [0.1, 0.15) is 5.82 Å². The molecule has 0 saturated heterocycles. The van der Waals surface area contributed by atoms with E-state index in [9.17, 15) is 4.79 Å². The summed E-state index contributed by atoms with van der Waals surface area (Å²) in [5.41, 5.74) is 0.992. The summed E-state index contributed by atoms with van der Waals surface area (Å²) in [5, 5.41) is 5.35. The second-order valence-corrected chi connectivity index (χ2v) is 4.45. The SMILES string of the molecule is O=C(NCc1nccn1-c1ccccc1)Nc1cnccn1. The van der Waals surface area contributed by atoms with Gasteiger partial charge in [-0.05, 0) is 12.1 Å². The zero-order chi connectivity index (χ0) is 15.2. The Morgan fingerprint density at radius 1 is 1.09 bits per heavy atom. The van der Waals surface area contributed by atoms with Gasteiger partial charge < -0.3 is 9.88 Å². The maximum Gasteiger partial charge on any atom is 0.320 e. The molecule has 0 bridgehead atoms. The van der Waals surface area contributed by atoms with Crippen molar-refractivity contribution >= 4 is 11.8 Å². The van der Waals surface area contributed by atoms with E-state index in [2.05, 4.69) is 25.6 Å². The van der Waals surface area contributed by atoms with E-state index in [0.717, 1.165) is 11.5 Å². The molecule has 2 heterocycles. The van der Waals surface area contributed by atoms with E-state index >= 15 is 0 Å². The number of nitrogens with zero attached hydrogens (tertiary/aromatic N) is 4. The minimum Gasteiger partial charge on any atom is -0.331 e. The van der Waals surface area contributed by atoms with Gasteiger partial charge in [-0.1, -0.05) is 18.2 Å². The first kappa shape index (κ1) is 13.7. The van der Waals surface area contributed by atoms with Crippen molar-refractivity contribution in [3.8, 4) is 5.69 Å². The molecular formula is C15H14N6O. The maximum absolute atomic E-state index is 11.8. The predicted molar refractivity (Wildman–Crippen MR) is 81.5 cm³/mol. The molecule has 0 aliphatic heterocycles. The first-order chi connectivity index (χ1) is 10.8. The number of benzene rings is 1. The summed E-state index contributed by atoms with van der Waals surface area (Å²) >= 11 is 0. The number of hydrogen-bond donors (Lipinski definition) is 2. The van der Waals surface area contributed by atoms with E-state index in [-0.39, 0.29) is 6.03 Å². The van der Waals surface area contributed by atoms with Crippen LogP contribution >= 0.6 is 0 Å². The molecular weight excluding hydrogens is 280 g/mol. The van der Waals surface area contributed by atoms with Gasteiger partial charge in [0.25, 0.3) is 0 Å². The molecule has 110 valence electrons. The molecule has 0 spiro atoms. The number of aromatic nitrogens is 4. The smallest absolute Gasteiger partial charge is 0.320 e. The van der Waals surface area contributed by atoms with Crippen LogP contribution in [0, 0.1) is 0 Å². The van der Waals surface area contributed by atoms with Crippen molar-refractivity contribution in [3.05, 3.63) is 67.1 Å². The third kappa shape index (κ3) is 3.26. The van der Waals surface area contributed by atoms with Crippen LogP contribution < -0.4 is 10.6 Å². The van der Waals surface area contributed by atoms with E-state index in [1.807, 2.05) is 41.1 Å². The molecule has 0 radical (unpaired) electrons. The first-order valence-corrected chi connectivity index (χ1v) is 6.71. The van der Waals surface area contributed by atoms with Crippen molar-refractivity contribution in [2.75, 3.05) is 5.32 Å². The number of carbonyl (C=O) groups excluding carboxylic acids is 1. The zero-order valence-corrected chi connectivity index (χ0v) is 11.7. The van der Waals surface area contributed by atoms with Crippen molar-refractivity contribution in [1.82, 2.24) is 24.8 Å². The number of anilines is 1. The lowest BCUT2D eigenvalue weighted by Crippen LogP contribution is -2.29. The van der Waals surface area contributed by atoms with Crippen LogP contribution in [0.2, 0.25) is 0 Å². The van der Waals surface area contributed by atoms with Crippen LogP contribution in [-0.2, 0) is 6.54 Å². The molecule has 0 aliphatic carbocycles. The van der Waals surface area contributed by atoms with E-state index in [4.69, 9.17) is 0 Å². The van der Waals surface area contributed by atoms with E-state index in [1.54, 1.807) is 12.4 Å². The fraction of sp³-hybridized carbons (Fsp3) is 0.0667. The molecule has 22 heavy (non-hydrogen) atoms. The van der Waals surface area contributed by atoms with Crippen molar-refractivity contribution < 1.29 is 4.79 Å². The number of amides is 2. The predicted octanol–water partition coefficient (Wildman–Crippen LogP) is 1.98. The number of hydrogen-bond acceptors (Lipinski definition) is 4. The molecule has 1 aromatic carbocycles. The number of carbonyl (C=O) groups is 1. The molecule has 2 amide bonds. The minimum absolute atomic E-state index is 0.300. The van der Waals surface area contributed by atoms with Gasteiger partial charge in [0.1, 0.15) is 5.82 Å². The van der Waals surface area contributed by atoms with Crippen molar-refractivity contribution in [1.29, 1.82) is 0 Å². The first-order valence-electron chi connectivity index (χ1n) is 6.71. The molecule has 2 N–H and O–H groups in total. The lowest BCUT2D eigenvalue weighted by atomic mass is 10.3. The van der Waals surface area contributed by atoms with Crippen molar-refractivity contribution in [3.63, 3.8) is 0 Å². The minimum atomic E-state index is -0.358. The largest absolute Gasteiger partial charge is 0.331 e. The summed E-state index contributed by atoms with van der Waals surface area (Å²) in [6.45, 7) is 0.300. The average molecular weight is 294 g/mol. The van der Waals surface area contributed by atoms with Crippen LogP contribution in [0.3, 0.4) is 0 Å². The second kappa shape index (κ2) is 6.49. The Labute approximate surface area is 127 Å². The molecule has 0 fully saturated rings. The summed E-state index contributed by atoms with van der Waals surface area (Å²) in [4.78, 5) is 23.9. The summed E-state index contributed by atoms with van der Waals surface area (Å²) in [6, 6.07) is 9.45. The van der Waals surface area contributed by atoms with Gasteiger partial charge in [-0.15, -0.1) is 0 Å². The highest BCUT2D eigenvalue weighted by atomic mass is 16.2. The Hall–Kier alpha value is -3.22. The molecule has 3 rings (SSSR count). The summed E-state index contributed by atoms with van der Waals surface area (Å²) < 4.78 is 1.92. The van der Waals surface area contributed by atoms with E-state index in [0.29, 0.717) is 12.4 Å². The standard InChI is InChI=1S/C15H14N6O/c22-15(20-13-10-16-6-7-17-13)19-11-14-18-8-9-21(14)12-4-2-1-3-5-12/h1-10H,11H2,(H2,17,19,20,22). The highest BCUT2D eigenvalue weighted by Gasteiger charge is 2.07. The Balaban J connectivity index is 1.63. The topological polar surface area (TPSA) is 84.7 Å². The Morgan fingerprint density at radius 2 is 1.95 bits per heavy atom. The van der Waals surface area contributed by atoms with Gasteiger partial charge in [0.05, 0.1) is 12.7 Å². The highest BCUT2D eigenvalue weighted by molar-refractivity contribution is 5.87. The molecule has 0 aliphatic rings. The third-order valence-corrected chi connectivity index (χ3v) is 2.96. The van der Waals surface area contributed by atoms with E-state index < -0.39 is 0 Å². The maximum atomic E-state index is 11.8. The quantitative estimate of drug-likeness (QED) is 0.770. The van der Waals surface area contributed by atoms with Gasteiger partial charge in [-0.25, -0.2) is 14.8 Å². The Kier molecular flexibility index (Phi) is 4.05. The number of nitrogens with one attached hydrogen (secondary N) is 2. The summed E-state index contributed by atoms with van der Waals surface area (Å²) in [5.74, 6) is 1.13. The van der Waals surface area contributed by atoms with Gasteiger partial charge >= 0.3 is 6.03 Å². The number of rotatable bonds is 4. The number of urea groups is 1. The van der Waals surface area contributed by atoms with Crippen LogP contribution in [0.15, 0.2) is 61.3 Å². The molecule has 2 aromatic heterocycles. The highest BCUT2D eigenvalue weighted by Crippen LogP contribution is 2.09. The second-order valence-electron chi connectivity index (χ2n) is 4.45. The van der Waals surface area contributed by atoms with Crippen molar-refractivity contribution in [2.24, 2.45) is 0 Å². The van der Waals surface area contributed by atoms with Crippen LogP contribution in [0.5, 0.6) is 0 Å². The van der Waals surface area contributed by atoms with Gasteiger partial charge in [0.2, 0.25) is 0 Å². The molecule has 3 aromatic rings. The summed E-state index contributed by atoms with van der Waals surface area (Å²) in [6.07, 6.45) is 8.08. The number of para-hydroxylation sites is 1. The van der Waals surface area contributed by atoms with Crippen LogP contribution in [-0.4, -0.2) is 25.6 Å². The lowest BCUT2D eigenvalue weighted by molar-refractivity contribution is 0.251. The zero-order valence-electron chi connectivity index (χ0n) is 11.7. The van der Waals surface area contributed by atoms with E-state index in [1.165, 1.54) is 12.4 Å². The van der Waals surface area contributed by atoms with Gasteiger partial charge in [-0.3, -0.25) is 10.3 Å². The van der Waals surface area contributed by atoms with Gasteiger partial charge in [0, 0.05) is 30.5 Å².